The Hall–Kier alpha value is -2.78. The van der Waals surface area contributed by atoms with Gasteiger partial charge in [0.25, 0.3) is 0 Å². The number of methoxy groups -OCH3 is 1. The molecule has 144 valence electrons. The van der Waals surface area contributed by atoms with Gasteiger partial charge in [-0.15, -0.1) is 0 Å². The van der Waals surface area contributed by atoms with Crippen LogP contribution in [0.1, 0.15) is 28.9 Å². The summed E-state index contributed by atoms with van der Waals surface area (Å²) in [4.78, 5) is 26.2. The summed E-state index contributed by atoms with van der Waals surface area (Å²) < 4.78 is 32.7. The monoisotopic (exact) mass is 392 g/mol. The van der Waals surface area contributed by atoms with Crippen molar-refractivity contribution in [2.45, 2.75) is 30.2 Å². The Bertz CT molecular complexity index is 899. The van der Waals surface area contributed by atoms with Crippen molar-refractivity contribution >= 4 is 22.0 Å². The van der Waals surface area contributed by atoms with Gasteiger partial charge in [0.1, 0.15) is 4.90 Å². The van der Waals surface area contributed by atoms with Crippen molar-refractivity contribution < 1.29 is 27.9 Å². The van der Waals surface area contributed by atoms with Crippen molar-refractivity contribution in [3.8, 4) is 0 Å². The molecule has 0 saturated carbocycles. The Morgan fingerprint density at radius 3 is 2.52 bits per heavy atom. The number of nitrogens with zero attached hydrogens (tertiary/aromatic N) is 1. The Morgan fingerprint density at radius 2 is 1.89 bits per heavy atom. The first-order valence-electron chi connectivity index (χ1n) is 8.15. The van der Waals surface area contributed by atoms with Crippen LogP contribution in [0, 0.1) is 0 Å². The molecule has 1 aromatic heterocycles. The average molecular weight is 392 g/mol. The van der Waals surface area contributed by atoms with Crippen LogP contribution in [0.15, 0.2) is 53.6 Å². The summed E-state index contributed by atoms with van der Waals surface area (Å²) in [6.07, 6.45) is 1.49. The van der Waals surface area contributed by atoms with E-state index in [1.165, 1.54) is 18.3 Å². The molecule has 0 amide bonds. The molecule has 0 saturated heterocycles. The fourth-order valence-corrected chi connectivity index (χ4v) is 3.95. The quantitative estimate of drug-likeness (QED) is 0.622. The van der Waals surface area contributed by atoms with Gasteiger partial charge in [-0.1, -0.05) is 30.3 Å². The van der Waals surface area contributed by atoms with Crippen molar-refractivity contribution in [3.63, 3.8) is 0 Å². The molecule has 1 atom stereocenters. The minimum Gasteiger partial charge on any atom is -0.481 e. The lowest BCUT2D eigenvalue weighted by atomic mass is 10.0. The molecule has 2 aromatic rings. The number of sulfonamides is 1. The Balaban J connectivity index is 2.29. The number of carbonyl (C=O) groups is 2. The van der Waals surface area contributed by atoms with Crippen LogP contribution in [-0.4, -0.2) is 43.6 Å². The normalized spacial score (nSPS) is 12.3. The van der Waals surface area contributed by atoms with Crippen molar-refractivity contribution in [1.82, 2.24) is 9.71 Å². The molecule has 0 fully saturated rings. The number of rotatable bonds is 9. The third-order valence-corrected chi connectivity index (χ3v) is 5.34. The number of nitrogens with one attached hydrogen (secondary N) is 1. The van der Waals surface area contributed by atoms with E-state index < -0.39 is 28.0 Å². The van der Waals surface area contributed by atoms with E-state index >= 15 is 0 Å². The lowest BCUT2D eigenvalue weighted by Crippen LogP contribution is -2.37. The summed E-state index contributed by atoms with van der Waals surface area (Å²) in [5, 5.41) is 8.94. The fourth-order valence-electron chi connectivity index (χ4n) is 2.54. The highest BCUT2D eigenvalue weighted by molar-refractivity contribution is 7.89. The first-order valence-corrected chi connectivity index (χ1v) is 9.63. The van der Waals surface area contributed by atoms with Gasteiger partial charge >= 0.3 is 11.9 Å². The van der Waals surface area contributed by atoms with E-state index in [1.54, 1.807) is 0 Å². The second-order valence-electron chi connectivity index (χ2n) is 5.78. The summed E-state index contributed by atoms with van der Waals surface area (Å²) in [6.45, 7) is 0. The number of carbonyl (C=O) groups excluding carboxylic acids is 1. The Labute approximate surface area is 157 Å². The zero-order valence-electron chi connectivity index (χ0n) is 14.7. The van der Waals surface area contributed by atoms with E-state index in [2.05, 4.69) is 14.4 Å². The van der Waals surface area contributed by atoms with Gasteiger partial charge in [-0.25, -0.2) is 22.9 Å². The van der Waals surface area contributed by atoms with Crippen molar-refractivity contribution in [2.75, 3.05) is 7.11 Å². The summed E-state index contributed by atoms with van der Waals surface area (Å²) >= 11 is 0. The Kier molecular flexibility index (Phi) is 7.03. The molecule has 1 heterocycles. The third kappa shape index (κ3) is 5.87. The van der Waals surface area contributed by atoms with Crippen LogP contribution in [0.3, 0.4) is 0 Å². The summed E-state index contributed by atoms with van der Waals surface area (Å²) in [7, 11) is -2.99. The first-order chi connectivity index (χ1) is 12.8. The van der Waals surface area contributed by atoms with Crippen LogP contribution in [0.2, 0.25) is 0 Å². The van der Waals surface area contributed by atoms with E-state index in [0.29, 0.717) is 6.42 Å². The molecule has 0 spiro atoms. The van der Waals surface area contributed by atoms with Gasteiger partial charge in [0.2, 0.25) is 10.0 Å². The molecule has 0 bridgehead atoms. The molecule has 1 aromatic carbocycles. The van der Waals surface area contributed by atoms with E-state index in [1.807, 2.05) is 30.3 Å². The molecule has 0 aliphatic heterocycles. The second-order valence-corrected chi connectivity index (χ2v) is 7.46. The molecule has 2 rings (SSSR count). The Morgan fingerprint density at radius 1 is 1.19 bits per heavy atom. The summed E-state index contributed by atoms with van der Waals surface area (Å²) in [5.41, 5.74) is 0.527. The highest BCUT2D eigenvalue weighted by Crippen LogP contribution is 2.17. The summed E-state index contributed by atoms with van der Waals surface area (Å²) in [6, 6.07) is 11.1. The third-order valence-electron chi connectivity index (χ3n) is 3.79. The smallest absolute Gasteiger partial charge is 0.358 e. The number of esters is 1. The van der Waals surface area contributed by atoms with Crippen LogP contribution in [0.25, 0.3) is 0 Å². The number of pyridine rings is 1. The molecular formula is C18H20N2O6S. The maximum atomic E-state index is 12.8. The van der Waals surface area contributed by atoms with Crippen LogP contribution >= 0.6 is 0 Å². The maximum absolute atomic E-state index is 12.8. The maximum Gasteiger partial charge on any atom is 0.358 e. The lowest BCUT2D eigenvalue weighted by molar-refractivity contribution is -0.137. The van der Waals surface area contributed by atoms with Crippen LogP contribution in [0.4, 0.5) is 0 Å². The predicted molar refractivity (Wildman–Crippen MR) is 96.7 cm³/mol. The number of ether oxygens (including phenoxy) is 1. The van der Waals surface area contributed by atoms with Crippen LogP contribution in [0.5, 0.6) is 0 Å². The van der Waals surface area contributed by atoms with Crippen molar-refractivity contribution in [2.24, 2.45) is 0 Å². The minimum absolute atomic E-state index is 0.0945. The van der Waals surface area contributed by atoms with Gasteiger partial charge in [-0.2, -0.15) is 0 Å². The van der Waals surface area contributed by atoms with Crippen molar-refractivity contribution in [3.05, 3.63) is 59.9 Å². The number of hydrogen-bond donors (Lipinski definition) is 2. The number of carboxylic acid groups (broad SMARTS) is 1. The van der Waals surface area contributed by atoms with Gasteiger partial charge in [-0.05, 0) is 30.5 Å². The highest BCUT2D eigenvalue weighted by Gasteiger charge is 2.27. The van der Waals surface area contributed by atoms with Crippen molar-refractivity contribution in [1.29, 1.82) is 0 Å². The SMILES string of the molecule is COC(=O)c1ncccc1S(=O)(=O)NC(CCC(=O)O)Cc1ccccc1. The molecule has 0 aliphatic rings. The van der Waals surface area contributed by atoms with Gasteiger partial charge in [0.05, 0.1) is 7.11 Å². The number of carboxylic acids is 1. The largest absolute Gasteiger partial charge is 0.481 e. The minimum atomic E-state index is -4.12. The fraction of sp³-hybridized carbons (Fsp3) is 0.278. The average Bonchev–Trinajstić information content (AvgIpc) is 2.66. The molecule has 2 N–H and O–H groups in total. The number of aliphatic carboxylic acids is 1. The number of benzene rings is 1. The van der Waals surface area contributed by atoms with E-state index in [4.69, 9.17) is 5.11 Å². The number of hydrogen-bond acceptors (Lipinski definition) is 6. The predicted octanol–water partition coefficient (Wildman–Crippen LogP) is 1.62. The van der Waals surface area contributed by atoms with E-state index in [0.717, 1.165) is 12.7 Å². The molecular weight excluding hydrogens is 372 g/mol. The molecule has 9 heteroatoms. The second kappa shape index (κ2) is 9.24. The number of aromatic nitrogens is 1. The van der Waals surface area contributed by atoms with E-state index in [9.17, 15) is 18.0 Å². The molecule has 27 heavy (non-hydrogen) atoms. The first kappa shape index (κ1) is 20.5. The van der Waals surface area contributed by atoms with Gasteiger partial charge in [-0.3, -0.25) is 4.79 Å². The molecule has 0 radical (unpaired) electrons. The molecule has 0 aliphatic carbocycles. The van der Waals surface area contributed by atoms with Crippen LogP contribution < -0.4 is 4.72 Å². The molecule has 8 nitrogen and oxygen atoms in total. The summed E-state index contributed by atoms with van der Waals surface area (Å²) in [5.74, 6) is -1.90. The van der Waals surface area contributed by atoms with E-state index in [-0.39, 0.29) is 23.4 Å². The zero-order valence-corrected chi connectivity index (χ0v) is 15.5. The molecule has 1 unspecified atom stereocenters. The van der Waals surface area contributed by atoms with Crippen LogP contribution in [-0.2, 0) is 26.0 Å². The van der Waals surface area contributed by atoms with Gasteiger partial charge in [0, 0.05) is 18.7 Å². The lowest BCUT2D eigenvalue weighted by Gasteiger charge is -2.19. The topological polar surface area (TPSA) is 123 Å². The zero-order chi connectivity index (χ0) is 19.9. The highest BCUT2D eigenvalue weighted by atomic mass is 32.2. The van der Waals surface area contributed by atoms with Gasteiger partial charge in [0.15, 0.2) is 5.69 Å². The standard InChI is InChI=1S/C18H20N2O6S/c1-26-18(23)17-15(8-5-11-19-17)27(24,25)20-14(9-10-16(21)22)12-13-6-3-2-4-7-13/h2-8,11,14,20H,9-10,12H2,1H3,(H,21,22). The van der Waals surface area contributed by atoms with Gasteiger partial charge < -0.3 is 9.84 Å².